The summed E-state index contributed by atoms with van der Waals surface area (Å²) in [5, 5.41) is 1.60. The zero-order chi connectivity index (χ0) is 15.0. The number of hydrogen-bond donors (Lipinski definition) is 0. The summed E-state index contributed by atoms with van der Waals surface area (Å²) >= 11 is 3.24. The van der Waals surface area contributed by atoms with Gasteiger partial charge in [-0.15, -0.1) is 11.3 Å². The molecule has 2 heterocycles. The van der Waals surface area contributed by atoms with Gasteiger partial charge in [-0.05, 0) is 38.2 Å². The summed E-state index contributed by atoms with van der Waals surface area (Å²) in [6.07, 6.45) is 4.67. The Hall–Kier alpha value is -1.14. The van der Waals surface area contributed by atoms with Crippen molar-refractivity contribution in [1.82, 2.24) is 9.55 Å². The molecule has 1 aliphatic carbocycles. The van der Waals surface area contributed by atoms with Crippen molar-refractivity contribution in [3.63, 3.8) is 0 Å². The maximum atomic E-state index is 12.6. The third kappa shape index (κ3) is 2.79. The highest BCUT2D eigenvalue weighted by Crippen LogP contribution is 2.35. The minimum Gasteiger partial charge on any atom is -0.300 e. The predicted octanol–water partition coefficient (Wildman–Crippen LogP) is 2.95. The molecule has 0 amide bonds. The van der Waals surface area contributed by atoms with Gasteiger partial charge in [0.1, 0.15) is 10.6 Å². The highest BCUT2D eigenvalue weighted by atomic mass is 32.2. The molecule has 0 saturated heterocycles. The van der Waals surface area contributed by atoms with Crippen molar-refractivity contribution >= 4 is 39.1 Å². The standard InChI is InChI=1S/C15H18N2O2S2/c1-9(18)5-4-8-20-15-16-13-12(14(19)17(15)2)10-6-3-7-11(10)21-13/h3-8H2,1-2H3. The van der Waals surface area contributed by atoms with E-state index < -0.39 is 0 Å². The van der Waals surface area contributed by atoms with Gasteiger partial charge in [0.25, 0.3) is 5.56 Å². The second kappa shape index (κ2) is 5.93. The first-order chi connectivity index (χ1) is 10.1. The van der Waals surface area contributed by atoms with Gasteiger partial charge in [-0.1, -0.05) is 11.8 Å². The van der Waals surface area contributed by atoms with Crippen molar-refractivity contribution in [3.8, 4) is 0 Å². The second-order valence-corrected chi connectivity index (χ2v) is 7.60. The Kier molecular flexibility index (Phi) is 4.17. The van der Waals surface area contributed by atoms with Crippen LogP contribution in [-0.2, 0) is 24.7 Å². The minimum absolute atomic E-state index is 0.0773. The lowest BCUT2D eigenvalue weighted by molar-refractivity contribution is -0.117. The van der Waals surface area contributed by atoms with Crippen LogP contribution in [0.3, 0.4) is 0 Å². The van der Waals surface area contributed by atoms with Gasteiger partial charge in [-0.25, -0.2) is 4.98 Å². The number of hydrogen-bond acceptors (Lipinski definition) is 5. The third-order valence-corrected chi connectivity index (χ3v) is 6.11. The van der Waals surface area contributed by atoms with Gasteiger partial charge >= 0.3 is 0 Å². The van der Waals surface area contributed by atoms with E-state index in [1.54, 1.807) is 41.6 Å². The van der Waals surface area contributed by atoms with E-state index >= 15 is 0 Å². The van der Waals surface area contributed by atoms with Crippen LogP contribution in [0.1, 0.15) is 36.6 Å². The number of thioether (sulfide) groups is 1. The van der Waals surface area contributed by atoms with E-state index in [9.17, 15) is 9.59 Å². The van der Waals surface area contributed by atoms with Crippen LogP contribution >= 0.6 is 23.1 Å². The number of ketones is 1. The average Bonchev–Trinajstić information content (AvgIpc) is 2.99. The van der Waals surface area contributed by atoms with E-state index in [0.29, 0.717) is 6.42 Å². The van der Waals surface area contributed by atoms with Gasteiger partial charge in [-0.3, -0.25) is 9.36 Å². The van der Waals surface area contributed by atoms with Gasteiger partial charge in [0.15, 0.2) is 5.16 Å². The molecule has 0 N–H and O–H groups in total. The van der Waals surface area contributed by atoms with E-state index in [1.165, 1.54) is 10.4 Å². The fourth-order valence-electron chi connectivity index (χ4n) is 2.72. The summed E-state index contributed by atoms with van der Waals surface area (Å²) in [7, 11) is 1.79. The predicted molar refractivity (Wildman–Crippen MR) is 87.5 cm³/mol. The number of rotatable bonds is 5. The van der Waals surface area contributed by atoms with Crippen LogP contribution in [0, 0.1) is 0 Å². The third-order valence-electron chi connectivity index (χ3n) is 3.81. The van der Waals surface area contributed by atoms with Crippen molar-refractivity contribution in [2.75, 3.05) is 5.75 Å². The van der Waals surface area contributed by atoms with E-state index in [-0.39, 0.29) is 11.3 Å². The molecular formula is C15H18N2O2S2. The molecule has 0 spiro atoms. The quantitative estimate of drug-likeness (QED) is 0.482. The maximum Gasteiger partial charge on any atom is 0.262 e. The Morgan fingerprint density at radius 2 is 2.24 bits per heavy atom. The number of nitrogens with zero attached hydrogens (tertiary/aromatic N) is 2. The van der Waals surface area contributed by atoms with Gasteiger partial charge in [0.05, 0.1) is 5.39 Å². The van der Waals surface area contributed by atoms with Crippen LogP contribution in [0.15, 0.2) is 9.95 Å². The van der Waals surface area contributed by atoms with E-state index in [1.807, 2.05) is 0 Å². The SMILES string of the molecule is CC(=O)CCCSc1nc2sc3c(c2c(=O)n1C)CCC3. The second-order valence-electron chi connectivity index (χ2n) is 5.45. The van der Waals surface area contributed by atoms with Gasteiger partial charge in [0.2, 0.25) is 0 Å². The summed E-state index contributed by atoms with van der Waals surface area (Å²) in [5.74, 6) is 1.03. The normalized spacial score (nSPS) is 13.8. The van der Waals surface area contributed by atoms with Crippen LogP contribution in [0.2, 0.25) is 0 Å². The summed E-state index contributed by atoms with van der Waals surface area (Å²) in [6, 6.07) is 0. The molecule has 2 aromatic heterocycles. The lowest BCUT2D eigenvalue weighted by atomic mass is 10.2. The number of aryl methyl sites for hydroxylation is 2. The number of aromatic nitrogens is 2. The molecule has 0 aliphatic heterocycles. The van der Waals surface area contributed by atoms with E-state index in [0.717, 1.165) is 46.8 Å². The van der Waals surface area contributed by atoms with Crippen molar-refractivity contribution in [2.24, 2.45) is 7.05 Å². The number of thiophene rings is 1. The summed E-state index contributed by atoms with van der Waals surface area (Å²) in [5.41, 5.74) is 1.31. The zero-order valence-corrected chi connectivity index (χ0v) is 13.9. The largest absolute Gasteiger partial charge is 0.300 e. The fourth-order valence-corrected chi connectivity index (χ4v) is 4.93. The number of Topliss-reactive ketones (excluding diaryl/α,β-unsaturated/α-hetero) is 1. The number of carbonyl (C=O) groups is 1. The number of carbonyl (C=O) groups excluding carboxylic acids is 1. The van der Waals surface area contributed by atoms with Crippen LogP contribution in [-0.4, -0.2) is 21.1 Å². The Morgan fingerprint density at radius 3 is 3.00 bits per heavy atom. The fraction of sp³-hybridized carbons (Fsp3) is 0.533. The van der Waals surface area contributed by atoms with Crippen molar-refractivity contribution in [3.05, 3.63) is 20.8 Å². The molecular weight excluding hydrogens is 304 g/mol. The van der Waals surface area contributed by atoms with E-state index in [2.05, 4.69) is 4.98 Å². The van der Waals surface area contributed by atoms with Crippen molar-refractivity contribution in [1.29, 1.82) is 0 Å². The Labute approximate surface area is 131 Å². The lowest BCUT2D eigenvalue weighted by Gasteiger charge is -2.07. The minimum atomic E-state index is 0.0773. The Morgan fingerprint density at radius 1 is 1.43 bits per heavy atom. The zero-order valence-electron chi connectivity index (χ0n) is 12.3. The van der Waals surface area contributed by atoms with Gasteiger partial charge < -0.3 is 4.79 Å². The molecule has 0 bridgehead atoms. The summed E-state index contributed by atoms with van der Waals surface area (Å²) in [4.78, 5) is 30.4. The summed E-state index contributed by atoms with van der Waals surface area (Å²) < 4.78 is 1.66. The molecule has 4 nitrogen and oxygen atoms in total. The molecule has 0 fully saturated rings. The molecule has 1 aliphatic rings. The topological polar surface area (TPSA) is 52.0 Å². The van der Waals surface area contributed by atoms with Crippen LogP contribution < -0.4 is 5.56 Å². The lowest BCUT2D eigenvalue weighted by Crippen LogP contribution is -2.20. The van der Waals surface area contributed by atoms with Crippen LogP contribution in [0.25, 0.3) is 10.2 Å². The highest BCUT2D eigenvalue weighted by Gasteiger charge is 2.22. The van der Waals surface area contributed by atoms with Gasteiger partial charge in [0, 0.05) is 24.1 Å². The van der Waals surface area contributed by atoms with Crippen molar-refractivity contribution in [2.45, 2.75) is 44.2 Å². The Balaban J connectivity index is 1.89. The maximum absolute atomic E-state index is 12.6. The first-order valence-electron chi connectivity index (χ1n) is 7.21. The van der Waals surface area contributed by atoms with Gasteiger partial charge in [-0.2, -0.15) is 0 Å². The smallest absolute Gasteiger partial charge is 0.262 e. The molecule has 6 heteroatoms. The molecule has 0 unspecified atom stereocenters. The molecule has 3 rings (SSSR count). The van der Waals surface area contributed by atoms with E-state index in [4.69, 9.17) is 0 Å². The molecule has 2 aromatic rings. The first kappa shape index (κ1) is 14.8. The van der Waals surface area contributed by atoms with Crippen LogP contribution in [0.5, 0.6) is 0 Å². The molecule has 21 heavy (non-hydrogen) atoms. The summed E-state index contributed by atoms with van der Waals surface area (Å²) in [6.45, 7) is 1.61. The highest BCUT2D eigenvalue weighted by molar-refractivity contribution is 7.99. The monoisotopic (exact) mass is 322 g/mol. The Bertz CT molecular complexity index is 761. The molecule has 0 aromatic carbocycles. The van der Waals surface area contributed by atoms with Crippen molar-refractivity contribution < 1.29 is 4.79 Å². The number of fused-ring (bicyclic) bond motifs is 3. The average molecular weight is 322 g/mol. The van der Waals surface area contributed by atoms with Crippen LogP contribution in [0.4, 0.5) is 0 Å². The first-order valence-corrected chi connectivity index (χ1v) is 9.01. The molecule has 0 saturated carbocycles. The molecule has 0 radical (unpaired) electrons. The molecule has 0 atom stereocenters. The molecule has 112 valence electrons.